The van der Waals surface area contributed by atoms with Gasteiger partial charge in [-0.2, -0.15) is 0 Å². The number of rotatable bonds is 3. The molecule has 0 aliphatic rings. The van der Waals surface area contributed by atoms with Crippen molar-refractivity contribution in [2.24, 2.45) is 0 Å². The molecule has 0 atom stereocenters. The summed E-state index contributed by atoms with van der Waals surface area (Å²) >= 11 is 0. The van der Waals surface area contributed by atoms with Crippen molar-refractivity contribution < 1.29 is 0 Å². The number of nitrogens with one attached hydrogen (secondary N) is 2. The molecule has 5 heteroatoms. The Balaban J connectivity index is 1.68. The summed E-state index contributed by atoms with van der Waals surface area (Å²) in [5.74, 6) is 0.769. The standard InChI is InChI=1S/C16H13N5/c1-2-7-13-11(4-1)5-3-6-12(13)8-17-15-14-16(19-9-18-14)21-10-20-15/h1-7,9-10H,8H2,(H2,17,18,19,20,21). The number of hydrogen-bond acceptors (Lipinski definition) is 4. The summed E-state index contributed by atoms with van der Waals surface area (Å²) in [4.78, 5) is 15.6. The van der Waals surface area contributed by atoms with Gasteiger partial charge in [-0.15, -0.1) is 0 Å². The molecule has 4 rings (SSSR count). The van der Waals surface area contributed by atoms with Crippen molar-refractivity contribution in [3.05, 3.63) is 60.7 Å². The van der Waals surface area contributed by atoms with Gasteiger partial charge < -0.3 is 10.3 Å². The normalized spacial score (nSPS) is 11.0. The van der Waals surface area contributed by atoms with E-state index in [4.69, 9.17) is 0 Å². The Hall–Kier alpha value is -2.95. The third-order valence-corrected chi connectivity index (χ3v) is 3.55. The third-order valence-electron chi connectivity index (χ3n) is 3.55. The van der Waals surface area contributed by atoms with Gasteiger partial charge in [0, 0.05) is 6.54 Å². The fraction of sp³-hybridized carbons (Fsp3) is 0.0625. The number of H-pyrrole nitrogens is 1. The van der Waals surface area contributed by atoms with E-state index < -0.39 is 0 Å². The smallest absolute Gasteiger partial charge is 0.182 e. The van der Waals surface area contributed by atoms with Crippen LogP contribution in [0.15, 0.2) is 55.1 Å². The van der Waals surface area contributed by atoms with Crippen molar-refractivity contribution in [2.75, 3.05) is 5.32 Å². The molecule has 0 unspecified atom stereocenters. The van der Waals surface area contributed by atoms with E-state index in [1.807, 2.05) is 0 Å². The van der Waals surface area contributed by atoms with Gasteiger partial charge in [0.2, 0.25) is 0 Å². The van der Waals surface area contributed by atoms with E-state index in [1.165, 1.54) is 22.7 Å². The van der Waals surface area contributed by atoms with Crippen molar-refractivity contribution in [3.8, 4) is 0 Å². The number of aromatic nitrogens is 4. The molecular weight excluding hydrogens is 262 g/mol. The molecule has 2 aromatic carbocycles. The van der Waals surface area contributed by atoms with Crippen LogP contribution in [0.4, 0.5) is 5.82 Å². The number of benzene rings is 2. The Labute approximate surface area is 121 Å². The average Bonchev–Trinajstić information content (AvgIpc) is 3.02. The molecule has 5 nitrogen and oxygen atoms in total. The first kappa shape index (κ1) is 11.8. The molecule has 4 aromatic rings. The van der Waals surface area contributed by atoms with Crippen molar-refractivity contribution in [1.29, 1.82) is 0 Å². The molecule has 2 N–H and O–H groups in total. The average molecular weight is 275 g/mol. The molecule has 0 spiro atoms. The lowest BCUT2D eigenvalue weighted by Gasteiger charge is -2.09. The first-order valence-electron chi connectivity index (χ1n) is 6.76. The third kappa shape index (κ3) is 2.08. The van der Waals surface area contributed by atoms with Crippen molar-refractivity contribution in [3.63, 3.8) is 0 Å². The van der Waals surface area contributed by atoms with Gasteiger partial charge in [-0.1, -0.05) is 42.5 Å². The van der Waals surface area contributed by atoms with Gasteiger partial charge in [-0.3, -0.25) is 0 Å². The van der Waals surface area contributed by atoms with Crippen LogP contribution in [0, 0.1) is 0 Å². The van der Waals surface area contributed by atoms with Crippen LogP contribution >= 0.6 is 0 Å². The molecular formula is C16H13N5. The molecule has 0 saturated heterocycles. The zero-order chi connectivity index (χ0) is 14.1. The molecule has 0 saturated carbocycles. The predicted molar refractivity (Wildman–Crippen MR) is 83.0 cm³/mol. The summed E-state index contributed by atoms with van der Waals surface area (Å²) in [6.07, 6.45) is 3.15. The molecule has 0 fully saturated rings. The lowest BCUT2D eigenvalue weighted by atomic mass is 10.0. The van der Waals surface area contributed by atoms with Crippen LogP contribution in [0.5, 0.6) is 0 Å². The number of fused-ring (bicyclic) bond motifs is 2. The van der Waals surface area contributed by atoms with Crippen molar-refractivity contribution in [1.82, 2.24) is 19.9 Å². The molecule has 0 amide bonds. The Morgan fingerprint density at radius 1 is 0.952 bits per heavy atom. The van der Waals surface area contributed by atoms with E-state index in [-0.39, 0.29) is 0 Å². The number of hydrogen-bond donors (Lipinski definition) is 2. The molecule has 0 bridgehead atoms. The van der Waals surface area contributed by atoms with Crippen LogP contribution < -0.4 is 5.32 Å². The zero-order valence-electron chi connectivity index (χ0n) is 11.2. The molecule has 102 valence electrons. The number of aromatic amines is 1. The largest absolute Gasteiger partial charge is 0.364 e. The maximum Gasteiger partial charge on any atom is 0.182 e. The molecule has 0 aliphatic heterocycles. The van der Waals surface area contributed by atoms with Crippen LogP contribution in [0.3, 0.4) is 0 Å². The molecule has 21 heavy (non-hydrogen) atoms. The van der Waals surface area contributed by atoms with Gasteiger partial charge in [0.25, 0.3) is 0 Å². The van der Waals surface area contributed by atoms with Gasteiger partial charge in [0.15, 0.2) is 11.5 Å². The van der Waals surface area contributed by atoms with Gasteiger partial charge >= 0.3 is 0 Å². The van der Waals surface area contributed by atoms with Crippen molar-refractivity contribution >= 4 is 27.8 Å². The van der Waals surface area contributed by atoms with Crippen LogP contribution in [-0.4, -0.2) is 19.9 Å². The monoisotopic (exact) mass is 275 g/mol. The Morgan fingerprint density at radius 3 is 2.86 bits per heavy atom. The number of nitrogens with zero attached hydrogens (tertiary/aromatic N) is 3. The van der Waals surface area contributed by atoms with Crippen molar-refractivity contribution in [2.45, 2.75) is 6.54 Å². The van der Waals surface area contributed by atoms with Gasteiger partial charge in [-0.25, -0.2) is 15.0 Å². The predicted octanol–water partition coefficient (Wildman–Crippen LogP) is 3.12. The van der Waals surface area contributed by atoms with Crippen LogP contribution in [0.25, 0.3) is 21.9 Å². The topological polar surface area (TPSA) is 66.5 Å². The van der Waals surface area contributed by atoms with E-state index in [1.54, 1.807) is 6.33 Å². The second-order valence-corrected chi connectivity index (χ2v) is 4.82. The van der Waals surface area contributed by atoms with E-state index in [2.05, 4.69) is 67.7 Å². The lowest BCUT2D eigenvalue weighted by molar-refractivity contribution is 1.11. The second kappa shape index (κ2) is 4.86. The quantitative estimate of drug-likeness (QED) is 0.603. The SMILES string of the molecule is c1ccc2c(CNc3ncnc4nc[nH]c34)cccc2c1. The summed E-state index contributed by atoms with van der Waals surface area (Å²) in [6, 6.07) is 14.7. The fourth-order valence-electron chi connectivity index (χ4n) is 2.52. The fourth-order valence-corrected chi connectivity index (χ4v) is 2.52. The van der Waals surface area contributed by atoms with E-state index in [0.29, 0.717) is 12.2 Å². The molecule has 2 aromatic heterocycles. The minimum absolute atomic E-state index is 0.672. The van der Waals surface area contributed by atoms with Gasteiger partial charge in [-0.05, 0) is 16.3 Å². The molecule has 2 heterocycles. The highest BCUT2D eigenvalue weighted by atomic mass is 15.1. The van der Waals surface area contributed by atoms with Crippen LogP contribution in [0.2, 0.25) is 0 Å². The lowest BCUT2D eigenvalue weighted by Crippen LogP contribution is -2.03. The Morgan fingerprint density at radius 2 is 1.86 bits per heavy atom. The van der Waals surface area contributed by atoms with E-state index in [9.17, 15) is 0 Å². The number of imidazole rings is 1. The summed E-state index contributed by atoms with van der Waals surface area (Å²) in [7, 11) is 0. The van der Waals surface area contributed by atoms with Gasteiger partial charge in [0.05, 0.1) is 6.33 Å². The first-order valence-corrected chi connectivity index (χ1v) is 6.76. The van der Waals surface area contributed by atoms with Crippen LogP contribution in [0.1, 0.15) is 5.56 Å². The minimum Gasteiger partial charge on any atom is -0.364 e. The maximum atomic E-state index is 4.28. The summed E-state index contributed by atoms with van der Waals surface area (Å²) in [5.41, 5.74) is 2.74. The zero-order valence-corrected chi connectivity index (χ0v) is 11.2. The highest BCUT2D eigenvalue weighted by Gasteiger charge is 2.06. The molecule has 0 radical (unpaired) electrons. The summed E-state index contributed by atoms with van der Waals surface area (Å²) in [5, 5.41) is 5.85. The summed E-state index contributed by atoms with van der Waals surface area (Å²) in [6.45, 7) is 0.701. The highest BCUT2D eigenvalue weighted by molar-refractivity contribution is 5.86. The minimum atomic E-state index is 0.672. The highest BCUT2D eigenvalue weighted by Crippen LogP contribution is 2.20. The first-order chi connectivity index (χ1) is 10.4. The van der Waals surface area contributed by atoms with Gasteiger partial charge in [0.1, 0.15) is 11.8 Å². The molecule has 0 aliphatic carbocycles. The second-order valence-electron chi connectivity index (χ2n) is 4.82. The number of anilines is 1. The Bertz CT molecular complexity index is 907. The van der Waals surface area contributed by atoms with E-state index >= 15 is 0 Å². The maximum absolute atomic E-state index is 4.28. The summed E-state index contributed by atoms with van der Waals surface area (Å²) < 4.78 is 0. The van der Waals surface area contributed by atoms with Crippen LogP contribution in [-0.2, 0) is 6.54 Å². The van der Waals surface area contributed by atoms with E-state index in [0.717, 1.165) is 11.3 Å². The Kier molecular flexibility index (Phi) is 2.74.